The van der Waals surface area contributed by atoms with Gasteiger partial charge in [0.25, 0.3) is 0 Å². The van der Waals surface area contributed by atoms with Gasteiger partial charge in [0, 0.05) is 6.61 Å². The third-order valence-corrected chi connectivity index (χ3v) is 4.07. The summed E-state index contributed by atoms with van der Waals surface area (Å²) < 4.78 is 5.26. The van der Waals surface area contributed by atoms with Gasteiger partial charge in [0.1, 0.15) is 0 Å². The van der Waals surface area contributed by atoms with E-state index in [1.54, 1.807) is 0 Å². The molecular formula is C19H38O3. The number of unbranched alkanes of at least 4 members (excludes halogenated alkanes) is 9. The van der Waals surface area contributed by atoms with Gasteiger partial charge >= 0.3 is 5.97 Å². The van der Waals surface area contributed by atoms with Crippen molar-refractivity contribution < 1.29 is 14.6 Å². The van der Waals surface area contributed by atoms with Gasteiger partial charge in [0.2, 0.25) is 0 Å². The zero-order valence-electron chi connectivity index (χ0n) is 15.1. The van der Waals surface area contributed by atoms with E-state index < -0.39 is 0 Å². The van der Waals surface area contributed by atoms with Crippen LogP contribution in [0.4, 0.5) is 0 Å². The molecule has 1 atom stereocenters. The molecule has 0 aliphatic heterocycles. The minimum absolute atomic E-state index is 0.0651. The number of carbonyl (C=O) groups excluding carboxylic acids is 1. The highest BCUT2D eigenvalue weighted by atomic mass is 16.5. The summed E-state index contributed by atoms with van der Waals surface area (Å²) in [6, 6.07) is 0. The Balaban J connectivity index is 3.58. The molecular weight excluding hydrogens is 276 g/mol. The number of ether oxygens (including phenoxy) is 1. The summed E-state index contributed by atoms with van der Waals surface area (Å²) >= 11 is 0. The van der Waals surface area contributed by atoms with E-state index in [0.29, 0.717) is 6.42 Å². The van der Waals surface area contributed by atoms with Crippen molar-refractivity contribution in [3.63, 3.8) is 0 Å². The molecule has 1 N–H and O–H groups in total. The third kappa shape index (κ3) is 13.1. The third-order valence-electron chi connectivity index (χ3n) is 4.07. The summed E-state index contributed by atoms with van der Waals surface area (Å²) in [5, 5.41) is 9.07. The van der Waals surface area contributed by atoms with Crippen molar-refractivity contribution in [3.8, 4) is 0 Å². The molecule has 0 aromatic heterocycles. The van der Waals surface area contributed by atoms with E-state index in [2.05, 4.69) is 6.92 Å². The van der Waals surface area contributed by atoms with Crippen molar-refractivity contribution in [1.29, 1.82) is 0 Å². The monoisotopic (exact) mass is 314 g/mol. The van der Waals surface area contributed by atoms with Crippen LogP contribution in [0.1, 0.15) is 97.8 Å². The molecule has 0 saturated carbocycles. The first-order valence-electron chi connectivity index (χ1n) is 9.43. The highest BCUT2D eigenvalue weighted by Crippen LogP contribution is 2.18. The fourth-order valence-corrected chi connectivity index (χ4v) is 2.74. The Labute approximate surface area is 137 Å². The average molecular weight is 315 g/mol. The fraction of sp³-hybridized carbons (Fsp3) is 0.947. The lowest BCUT2D eigenvalue weighted by molar-refractivity contribution is -0.153. The van der Waals surface area contributed by atoms with Gasteiger partial charge in [0.05, 0.1) is 12.0 Å². The molecule has 0 aliphatic rings. The SMILES string of the molecule is CCCCCCCCCCCCC(CCO)C(=O)OC(C)C. The number of hydrogen-bond donors (Lipinski definition) is 1. The Morgan fingerprint density at radius 1 is 0.864 bits per heavy atom. The summed E-state index contributed by atoms with van der Waals surface area (Å²) in [6.07, 6.45) is 14.3. The fourth-order valence-electron chi connectivity index (χ4n) is 2.74. The molecule has 0 heterocycles. The molecule has 0 spiro atoms. The van der Waals surface area contributed by atoms with Crippen molar-refractivity contribution in [2.75, 3.05) is 6.61 Å². The molecule has 0 radical (unpaired) electrons. The molecule has 0 aliphatic carbocycles. The Bertz CT molecular complexity index is 251. The van der Waals surface area contributed by atoms with Gasteiger partial charge in [-0.05, 0) is 26.7 Å². The van der Waals surface area contributed by atoms with Gasteiger partial charge in [-0.25, -0.2) is 0 Å². The zero-order valence-corrected chi connectivity index (χ0v) is 15.1. The predicted molar refractivity (Wildman–Crippen MR) is 92.9 cm³/mol. The van der Waals surface area contributed by atoms with Crippen LogP contribution in [0, 0.1) is 5.92 Å². The van der Waals surface area contributed by atoms with E-state index in [1.807, 2.05) is 13.8 Å². The van der Waals surface area contributed by atoms with Crippen molar-refractivity contribution in [2.24, 2.45) is 5.92 Å². The predicted octanol–water partition coefficient (Wildman–Crippen LogP) is 5.25. The molecule has 132 valence electrons. The molecule has 3 nitrogen and oxygen atoms in total. The Hall–Kier alpha value is -0.570. The summed E-state index contributed by atoms with van der Waals surface area (Å²) in [6.45, 7) is 6.06. The lowest BCUT2D eigenvalue weighted by Crippen LogP contribution is -2.22. The molecule has 0 aromatic rings. The second-order valence-electron chi connectivity index (χ2n) is 6.67. The molecule has 0 amide bonds. The van der Waals surface area contributed by atoms with E-state index in [1.165, 1.54) is 57.8 Å². The second-order valence-corrected chi connectivity index (χ2v) is 6.67. The molecule has 0 saturated heterocycles. The van der Waals surface area contributed by atoms with Crippen molar-refractivity contribution in [3.05, 3.63) is 0 Å². The molecule has 3 heteroatoms. The normalized spacial score (nSPS) is 12.6. The minimum atomic E-state index is -0.139. The standard InChI is InChI=1S/C19H38O3/c1-4-5-6-7-8-9-10-11-12-13-14-18(15-16-20)19(21)22-17(2)3/h17-18,20H,4-16H2,1-3H3. The van der Waals surface area contributed by atoms with Crippen LogP contribution in [-0.4, -0.2) is 23.8 Å². The van der Waals surface area contributed by atoms with Crippen LogP contribution >= 0.6 is 0 Å². The van der Waals surface area contributed by atoms with Crippen LogP contribution in [0.2, 0.25) is 0 Å². The van der Waals surface area contributed by atoms with E-state index in [-0.39, 0.29) is 24.6 Å². The highest BCUT2D eigenvalue weighted by molar-refractivity contribution is 5.72. The summed E-state index contributed by atoms with van der Waals surface area (Å²) in [5.74, 6) is -0.263. The summed E-state index contributed by atoms with van der Waals surface area (Å²) in [7, 11) is 0. The largest absolute Gasteiger partial charge is 0.463 e. The van der Waals surface area contributed by atoms with Crippen molar-refractivity contribution in [1.82, 2.24) is 0 Å². The molecule has 0 aromatic carbocycles. The number of aliphatic hydroxyl groups excluding tert-OH is 1. The van der Waals surface area contributed by atoms with E-state index in [4.69, 9.17) is 9.84 Å². The molecule has 0 bridgehead atoms. The second kappa shape index (κ2) is 15.3. The number of carbonyl (C=O) groups is 1. The van der Waals surface area contributed by atoms with E-state index in [0.717, 1.165) is 12.8 Å². The van der Waals surface area contributed by atoms with Crippen LogP contribution in [0.3, 0.4) is 0 Å². The Kier molecular flexibility index (Phi) is 14.9. The van der Waals surface area contributed by atoms with Gasteiger partial charge < -0.3 is 9.84 Å². The number of esters is 1. The zero-order chi connectivity index (χ0) is 16.6. The maximum atomic E-state index is 11.9. The van der Waals surface area contributed by atoms with E-state index in [9.17, 15) is 4.79 Å². The smallest absolute Gasteiger partial charge is 0.309 e. The topological polar surface area (TPSA) is 46.5 Å². The maximum absolute atomic E-state index is 11.9. The maximum Gasteiger partial charge on any atom is 0.309 e. The molecule has 22 heavy (non-hydrogen) atoms. The van der Waals surface area contributed by atoms with Crippen LogP contribution in [0.5, 0.6) is 0 Å². The van der Waals surface area contributed by atoms with Gasteiger partial charge in [-0.15, -0.1) is 0 Å². The van der Waals surface area contributed by atoms with Gasteiger partial charge in [0.15, 0.2) is 0 Å². The van der Waals surface area contributed by atoms with E-state index >= 15 is 0 Å². The van der Waals surface area contributed by atoms with Gasteiger partial charge in [-0.1, -0.05) is 71.1 Å². The van der Waals surface area contributed by atoms with Crippen LogP contribution in [0.15, 0.2) is 0 Å². The first kappa shape index (κ1) is 21.4. The van der Waals surface area contributed by atoms with Crippen LogP contribution in [-0.2, 0) is 9.53 Å². The lowest BCUT2D eigenvalue weighted by atomic mass is 9.97. The molecule has 0 fully saturated rings. The quantitative estimate of drug-likeness (QED) is 0.332. The summed E-state index contributed by atoms with van der Waals surface area (Å²) in [4.78, 5) is 11.9. The molecule has 1 unspecified atom stereocenters. The van der Waals surface area contributed by atoms with Crippen molar-refractivity contribution >= 4 is 5.97 Å². The minimum Gasteiger partial charge on any atom is -0.463 e. The van der Waals surface area contributed by atoms with Gasteiger partial charge in [-0.3, -0.25) is 4.79 Å². The Morgan fingerprint density at radius 2 is 1.36 bits per heavy atom. The number of aliphatic hydroxyl groups is 1. The highest BCUT2D eigenvalue weighted by Gasteiger charge is 2.19. The first-order valence-corrected chi connectivity index (χ1v) is 9.43. The average Bonchev–Trinajstić information content (AvgIpc) is 2.47. The summed E-state index contributed by atoms with van der Waals surface area (Å²) in [5.41, 5.74) is 0. The number of rotatable bonds is 15. The van der Waals surface area contributed by atoms with Crippen molar-refractivity contribution in [2.45, 2.75) is 104 Å². The van der Waals surface area contributed by atoms with Crippen LogP contribution in [0.25, 0.3) is 0 Å². The first-order chi connectivity index (χ1) is 10.6. The Morgan fingerprint density at radius 3 is 1.82 bits per heavy atom. The number of hydrogen-bond acceptors (Lipinski definition) is 3. The van der Waals surface area contributed by atoms with Crippen LogP contribution < -0.4 is 0 Å². The molecule has 0 rings (SSSR count). The lowest BCUT2D eigenvalue weighted by Gasteiger charge is -2.16. The van der Waals surface area contributed by atoms with Gasteiger partial charge in [-0.2, -0.15) is 0 Å².